The van der Waals surface area contributed by atoms with Gasteiger partial charge in [0.25, 0.3) is 5.56 Å². The lowest BCUT2D eigenvalue weighted by Crippen LogP contribution is -2.25. The zero-order valence-corrected chi connectivity index (χ0v) is 17.5. The first-order valence-electron chi connectivity index (χ1n) is 9.31. The van der Waals surface area contributed by atoms with Crippen molar-refractivity contribution in [3.05, 3.63) is 81.3 Å². The fourth-order valence-electron chi connectivity index (χ4n) is 3.17. The molecule has 0 radical (unpaired) electrons. The summed E-state index contributed by atoms with van der Waals surface area (Å²) in [5.41, 5.74) is 2.29. The number of furan rings is 1. The molecule has 3 heterocycles. The van der Waals surface area contributed by atoms with Gasteiger partial charge in [-0.3, -0.25) is 14.2 Å². The van der Waals surface area contributed by atoms with Crippen LogP contribution in [0.1, 0.15) is 5.69 Å². The van der Waals surface area contributed by atoms with E-state index in [-0.39, 0.29) is 18.7 Å². The van der Waals surface area contributed by atoms with E-state index >= 15 is 0 Å². The molecule has 0 fully saturated rings. The van der Waals surface area contributed by atoms with Crippen LogP contribution in [0.4, 0.5) is 0 Å². The number of hydrogen-bond donors (Lipinski definition) is 0. The Bertz CT molecular complexity index is 1470. The van der Waals surface area contributed by atoms with Crippen LogP contribution in [0.25, 0.3) is 32.6 Å². The van der Waals surface area contributed by atoms with Gasteiger partial charge in [-0.1, -0.05) is 35.9 Å². The predicted molar refractivity (Wildman–Crippen MR) is 118 cm³/mol. The Morgan fingerprint density at radius 1 is 1.16 bits per heavy atom. The minimum atomic E-state index is -0.569. The van der Waals surface area contributed by atoms with E-state index in [9.17, 15) is 9.59 Å². The summed E-state index contributed by atoms with van der Waals surface area (Å²) < 4.78 is 12.1. The number of thiazole rings is 1. The molecule has 5 aromatic rings. The Hall–Kier alpha value is -3.49. The van der Waals surface area contributed by atoms with Crippen LogP contribution in [-0.4, -0.2) is 20.5 Å². The van der Waals surface area contributed by atoms with Crippen LogP contribution in [-0.2, 0) is 22.7 Å². The molecule has 0 saturated heterocycles. The lowest BCUT2D eigenvalue weighted by molar-refractivity contribution is -0.145. The molecule has 7 nitrogen and oxygen atoms in total. The Balaban J connectivity index is 1.28. The average molecular weight is 452 g/mol. The maximum atomic E-state index is 12.7. The highest BCUT2D eigenvalue weighted by atomic mass is 35.5. The number of nitrogens with zero attached hydrogens (tertiary/aromatic N) is 3. The van der Waals surface area contributed by atoms with Gasteiger partial charge in [-0.25, -0.2) is 9.97 Å². The van der Waals surface area contributed by atoms with Crippen LogP contribution in [0, 0.1) is 0 Å². The van der Waals surface area contributed by atoms with Crippen molar-refractivity contribution < 1.29 is 13.9 Å². The molecule has 3 aromatic heterocycles. The van der Waals surface area contributed by atoms with Crippen LogP contribution in [0.2, 0.25) is 5.02 Å². The number of para-hydroxylation sites is 1. The highest BCUT2D eigenvalue weighted by molar-refractivity contribution is 7.13. The second-order valence-corrected chi connectivity index (χ2v) is 8.06. The number of carbonyl (C=O) groups excluding carboxylic acids is 1. The molecule has 0 spiro atoms. The van der Waals surface area contributed by atoms with Crippen molar-refractivity contribution in [2.45, 2.75) is 13.2 Å². The molecule has 5 rings (SSSR count). The van der Waals surface area contributed by atoms with E-state index in [4.69, 9.17) is 20.8 Å². The van der Waals surface area contributed by atoms with Crippen LogP contribution >= 0.6 is 22.9 Å². The number of benzene rings is 2. The third-order valence-corrected chi connectivity index (χ3v) is 5.87. The number of aromatic nitrogens is 3. The standard InChI is InChI=1S/C22H14ClN3O4S/c23-14-7-5-13(6-8-14)21-25-15(11-31-21)10-29-18(27)9-26-12-24-19-16-3-1-2-4-17(16)30-20(19)22(26)28/h1-8,11-12H,9-10H2. The molecule has 0 saturated carbocycles. The van der Waals surface area contributed by atoms with E-state index in [1.54, 1.807) is 18.2 Å². The number of fused-ring (bicyclic) bond motifs is 3. The maximum Gasteiger partial charge on any atom is 0.326 e. The van der Waals surface area contributed by atoms with Gasteiger partial charge in [0.2, 0.25) is 5.58 Å². The van der Waals surface area contributed by atoms with Gasteiger partial charge in [-0.05, 0) is 24.3 Å². The van der Waals surface area contributed by atoms with E-state index < -0.39 is 11.5 Å². The predicted octanol–water partition coefficient (Wildman–Crippen LogP) is 4.66. The molecule has 0 N–H and O–H groups in total. The van der Waals surface area contributed by atoms with Crippen LogP contribution in [0.15, 0.2) is 69.5 Å². The highest BCUT2D eigenvalue weighted by Crippen LogP contribution is 2.26. The first kappa shape index (κ1) is 19.5. The van der Waals surface area contributed by atoms with E-state index in [1.807, 2.05) is 35.7 Å². The highest BCUT2D eigenvalue weighted by Gasteiger charge is 2.15. The van der Waals surface area contributed by atoms with Crippen molar-refractivity contribution in [2.75, 3.05) is 0 Å². The topological polar surface area (TPSA) is 87.2 Å². The first-order valence-corrected chi connectivity index (χ1v) is 10.6. The first-order chi connectivity index (χ1) is 15.1. The van der Waals surface area contributed by atoms with Gasteiger partial charge in [0.15, 0.2) is 0 Å². The van der Waals surface area contributed by atoms with Gasteiger partial charge in [0.1, 0.15) is 29.3 Å². The van der Waals surface area contributed by atoms with Crippen molar-refractivity contribution >= 4 is 51.0 Å². The average Bonchev–Trinajstić information content (AvgIpc) is 3.40. The van der Waals surface area contributed by atoms with E-state index in [0.29, 0.717) is 21.8 Å². The lowest BCUT2D eigenvalue weighted by Gasteiger charge is -2.05. The summed E-state index contributed by atoms with van der Waals surface area (Å²) in [5.74, 6) is -0.569. The molecule has 0 bridgehead atoms. The molecule has 0 atom stereocenters. The number of esters is 1. The molecule has 0 aliphatic rings. The second kappa shape index (κ2) is 7.98. The number of rotatable bonds is 5. The van der Waals surface area contributed by atoms with Crippen molar-refractivity contribution in [2.24, 2.45) is 0 Å². The molecule has 31 heavy (non-hydrogen) atoms. The van der Waals surface area contributed by atoms with E-state index in [0.717, 1.165) is 16.0 Å². The lowest BCUT2D eigenvalue weighted by atomic mass is 10.2. The van der Waals surface area contributed by atoms with Crippen molar-refractivity contribution in [3.63, 3.8) is 0 Å². The summed E-state index contributed by atoms with van der Waals surface area (Å²) in [5, 5.41) is 4.04. The summed E-state index contributed by atoms with van der Waals surface area (Å²) in [6.07, 6.45) is 1.33. The molecule has 0 amide bonds. The fraction of sp³-hybridized carbons (Fsp3) is 0.0909. The van der Waals surface area contributed by atoms with Crippen LogP contribution in [0.5, 0.6) is 0 Å². The van der Waals surface area contributed by atoms with Crippen molar-refractivity contribution in [3.8, 4) is 10.6 Å². The molecule has 2 aromatic carbocycles. The maximum absolute atomic E-state index is 12.7. The van der Waals surface area contributed by atoms with Crippen molar-refractivity contribution in [1.82, 2.24) is 14.5 Å². The summed E-state index contributed by atoms with van der Waals surface area (Å²) in [6, 6.07) is 14.6. The minimum Gasteiger partial charge on any atom is -0.458 e. The number of carbonyl (C=O) groups is 1. The summed E-state index contributed by atoms with van der Waals surface area (Å²) in [4.78, 5) is 33.7. The SMILES string of the molecule is O=C(Cn1cnc2c(oc3ccccc32)c1=O)OCc1csc(-c2ccc(Cl)cc2)n1. The molecule has 0 aliphatic carbocycles. The third kappa shape index (κ3) is 3.83. The number of hydrogen-bond acceptors (Lipinski definition) is 7. The van der Waals surface area contributed by atoms with Gasteiger partial charge in [-0.15, -0.1) is 11.3 Å². The summed E-state index contributed by atoms with van der Waals surface area (Å²) >= 11 is 7.36. The van der Waals surface area contributed by atoms with Crippen LogP contribution in [0.3, 0.4) is 0 Å². The zero-order valence-electron chi connectivity index (χ0n) is 15.9. The fourth-order valence-corrected chi connectivity index (χ4v) is 4.10. The monoisotopic (exact) mass is 451 g/mol. The van der Waals surface area contributed by atoms with E-state index in [1.165, 1.54) is 22.2 Å². The van der Waals surface area contributed by atoms with Gasteiger partial charge in [0.05, 0.1) is 12.0 Å². The van der Waals surface area contributed by atoms with Gasteiger partial charge >= 0.3 is 5.97 Å². The molecular formula is C22H14ClN3O4S. The van der Waals surface area contributed by atoms with Gasteiger partial charge in [-0.2, -0.15) is 0 Å². The third-order valence-electron chi connectivity index (χ3n) is 4.67. The summed E-state index contributed by atoms with van der Waals surface area (Å²) in [7, 11) is 0. The Morgan fingerprint density at radius 2 is 1.97 bits per heavy atom. The smallest absolute Gasteiger partial charge is 0.326 e. The molecule has 9 heteroatoms. The largest absolute Gasteiger partial charge is 0.458 e. The minimum absolute atomic E-state index is 0.0119. The molecule has 0 aliphatic heterocycles. The normalized spacial score (nSPS) is 11.3. The van der Waals surface area contributed by atoms with Crippen molar-refractivity contribution in [1.29, 1.82) is 0 Å². The van der Waals surface area contributed by atoms with Gasteiger partial charge in [0, 0.05) is 21.4 Å². The number of ether oxygens (including phenoxy) is 1. The molecule has 154 valence electrons. The van der Waals surface area contributed by atoms with Gasteiger partial charge < -0.3 is 9.15 Å². The summed E-state index contributed by atoms with van der Waals surface area (Å²) in [6.45, 7) is -0.259. The number of halogens is 1. The molecular weight excluding hydrogens is 438 g/mol. The second-order valence-electron chi connectivity index (χ2n) is 6.77. The molecule has 0 unspecified atom stereocenters. The Kier molecular flexibility index (Phi) is 5.01. The Morgan fingerprint density at radius 3 is 2.81 bits per heavy atom. The Labute approximate surface area is 184 Å². The van der Waals surface area contributed by atoms with Crippen LogP contribution < -0.4 is 5.56 Å². The zero-order chi connectivity index (χ0) is 21.4. The quantitative estimate of drug-likeness (QED) is 0.361. The van der Waals surface area contributed by atoms with E-state index in [2.05, 4.69) is 9.97 Å².